The molecule has 0 aliphatic carbocycles. The third-order valence-corrected chi connectivity index (χ3v) is 6.13. The lowest BCUT2D eigenvalue weighted by Gasteiger charge is -2.18. The highest BCUT2D eigenvalue weighted by Gasteiger charge is 2.15. The lowest BCUT2D eigenvalue weighted by atomic mass is 9.88. The molecule has 4 rings (SSSR count). The fourth-order valence-electron chi connectivity index (χ4n) is 4.20. The zero-order valence-corrected chi connectivity index (χ0v) is 21.6. The second kappa shape index (κ2) is 13.4. The molecule has 0 saturated heterocycles. The summed E-state index contributed by atoms with van der Waals surface area (Å²) in [4.78, 5) is 2.10. The van der Waals surface area contributed by atoms with Crippen LogP contribution in [0.3, 0.4) is 0 Å². The molecule has 37 heavy (non-hydrogen) atoms. The number of rotatable bonds is 12. The Morgan fingerprint density at radius 1 is 0.649 bits per heavy atom. The van der Waals surface area contributed by atoms with E-state index in [0.717, 1.165) is 51.4 Å². The van der Waals surface area contributed by atoms with Gasteiger partial charge in [-0.05, 0) is 78.2 Å². The molecule has 0 amide bonds. The van der Waals surface area contributed by atoms with E-state index in [4.69, 9.17) is 9.47 Å². The highest BCUT2D eigenvalue weighted by Crippen LogP contribution is 2.35. The van der Waals surface area contributed by atoms with Crippen LogP contribution in [0.5, 0.6) is 11.5 Å². The van der Waals surface area contributed by atoms with Gasteiger partial charge >= 0.3 is 0 Å². The summed E-state index contributed by atoms with van der Waals surface area (Å²) in [7, 11) is 4.07. The smallest absolute Gasteiger partial charge is 0.119 e. The molecule has 0 fully saturated rings. The van der Waals surface area contributed by atoms with E-state index in [0.29, 0.717) is 19.6 Å². The SMILES string of the molecule is CN(C)CCOc1ccc(C(=C(CCO)c2ccccc2)c2ccc(OCc3ccccc3)cc2)cc1. The van der Waals surface area contributed by atoms with Crippen molar-refractivity contribution in [2.24, 2.45) is 0 Å². The fourth-order valence-corrected chi connectivity index (χ4v) is 4.20. The van der Waals surface area contributed by atoms with Crippen molar-refractivity contribution >= 4 is 11.1 Å². The van der Waals surface area contributed by atoms with Gasteiger partial charge in [-0.3, -0.25) is 0 Å². The van der Waals surface area contributed by atoms with E-state index >= 15 is 0 Å². The van der Waals surface area contributed by atoms with Gasteiger partial charge in [0.25, 0.3) is 0 Å². The third-order valence-electron chi connectivity index (χ3n) is 6.13. The number of hydrogen-bond acceptors (Lipinski definition) is 4. The molecule has 0 radical (unpaired) electrons. The first-order chi connectivity index (χ1) is 18.1. The first-order valence-corrected chi connectivity index (χ1v) is 12.7. The second-order valence-corrected chi connectivity index (χ2v) is 9.17. The summed E-state index contributed by atoms with van der Waals surface area (Å²) in [6.45, 7) is 2.09. The van der Waals surface area contributed by atoms with Crippen molar-refractivity contribution in [3.63, 3.8) is 0 Å². The molecule has 4 heteroatoms. The molecule has 0 spiro atoms. The number of aliphatic hydroxyl groups is 1. The molecule has 0 saturated carbocycles. The van der Waals surface area contributed by atoms with Gasteiger partial charge in [-0.2, -0.15) is 0 Å². The fraction of sp³-hybridized carbons (Fsp3) is 0.212. The number of benzene rings is 4. The maximum atomic E-state index is 9.97. The van der Waals surface area contributed by atoms with Crippen LogP contribution in [-0.4, -0.2) is 43.9 Å². The van der Waals surface area contributed by atoms with Gasteiger partial charge in [-0.25, -0.2) is 0 Å². The summed E-state index contributed by atoms with van der Waals surface area (Å²) in [5, 5.41) is 9.97. The summed E-state index contributed by atoms with van der Waals surface area (Å²) in [5.41, 5.74) is 6.57. The summed E-state index contributed by atoms with van der Waals surface area (Å²) >= 11 is 0. The zero-order valence-electron chi connectivity index (χ0n) is 21.6. The molecular formula is C33H35NO3. The lowest BCUT2D eigenvalue weighted by Crippen LogP contribution is -2.19. The number of ether oxygens (including phenoxy) is 2. The Hall–Kier alpha value is -3.86. The Morgan fingerprint density at radius 3 is 1.73 bits per heavy atom. The van der Waals surface area contributed by atoms with Gasteiger partial charge in [0.1, 0.15) is 24.7 Å². The molecule has 1 N–H and O–H groups in total. The molecule has 4 nitrogen and oxygen atoms in total. The van der Waals surface area contributed by atoms with Gasteiger partial charge in [-0.15, -0.1) is 0 Å². The van der Waals surface area contributed by atoms with Crippen molar-refractivity contribution in [1.82, 2.24) is 4.90 Å². The molecular weight excluding hydrogens is 458 g/mol. The Balaban J connectivity index is 1.66. The van der Waals surface area contributed by atoms with Crippen LogP contribution in [0.4, 0.5) is 0 Å². The average molecular weight is 494 g/mol. The minimum atomic E-state index is 0.0672. The molecule has 0 aromatic heterocycles. The van der Waals surface area contributed by atoms with Gasteiger partial charge in [0, 0.05) is 13.2 Å². The van der Waals surface area contributed by atoms with Crippen molar-refractivity contribution in [2.45, 2.75) is 13.0 Å². The molecule has 0 atom stereocenters. The summed E-state index contributed by atoms with van der Waals surface area (Å²) in [5.74, 6) is 1.66. The molecule has 0 aliphatic rings. The van der Waals surface area contributed by atoms with Crippen LogP contribution in [0.15, 0.2) is 109 Å². The Kier molecular flexibility index (Phi) is 9.53. The van der Waals surface area contributed by atoms with Crippen LogP contribution >= 0.6 is 0 Å². The van der Waals surface area contributed by atoms with Gasteiger partial charge in [0.05, 0.1) is 0 Å². The van der Waals surface area contributed by atoms with Crippen LogP contribution in [0.1, 0.15) is 28.7 Å². The van der Waals surface area contributed by atoms with Crippen molar-refractivity contribution in [3.05, 3.63) is 131 Å². The van der Waals surface area contributed by atoms with E-state index in [1.165, 1.54) is 0 Å². The second-order valence-electron chi connectivity index (χ2n) is 9.17. The predicted molar refractivity (Wildman–Crippen MR) is 152 cm³/mol. The first kappa shape index (κ1) is 26.2. The van der Waals surface area contributed by atoms with Gasteiger partial charge < -0.3 is 19.5 Å². The summed E-state index contributed by atoms with van der Waals surface area (Å²) in [6, 6.07) is 36.9. The minimum absolute atomic E-state index is 0.0672. The molecule has 0 aliphatic heterocycles. The Bertz CT molecular complexity index is 1250. The summed E-state index contributed by atoms with van der Waals surface area (Å²) in [6.07, 6.45) is 0.548. The van der Waals surface area contributed by atoms with E-state index in [-0.39, 0.29) is 6.61 Å². The predicted octanol–water partition coefficient (Wildman–Crippen LogP) is 6.55. The topological polar surface area (TPSA) is 41.9 Å². The maximum Gasteiger partial charge on any atom is 0.119 e. The normalized spacial score (nSPS) is 11.8. The Morgan fingerprint density at radius 2 is 1.19 bits per heavy atom. The minimum Gasteiger partial charge on any atom is -0.492 e. The first-order valence-electron chi connectivity index (χ1n) is 12.7. The van der Waals surface area contributed by atoms with Crippen molar-refractivity contribution in [3.8, 4) is 11.5 Å². The van der Waals surface area contributed by atoms with E-state index in [1.807, 2.05) is 74.8 Å². The number of likely N-dealkylation sites (N-methyl/N-ethyl adjacent to an activating group) is 1. The largest absolute Gasteiger partial charge is 0.492 e. The third kappa shape index (κ3) is 7.56. The number of aliphatic hydroxyl groups excluding tert-OH is 1. The molecule has 0 unspecified atom stereocenters. The van der Waals surface area contributed by atoms with Gasteiger partial charge in [0.2, 0.25) is 0 Å². The van der Waals surface area contributed by atoms with Crippen LogP contribution in [-0.2, 0) is 6.61 Å². The maximum absolute atomic E-state index is 9.97. The van der Waals surface area contributed by atoms with Crippen LogP contribution in [0.2, 0.25) is 0 Å². The Labute approximate surface area is 220 Å². The van der Waals surface area contributed by atoms with E-state index in [2.05, 4.69) is 53.4 Å². The van der Waals surface area contributed by atoms with E-state index in [1.54, 1.807) is 0 Å². The van der Waals surface area contributed by atoms with Crippen LogP contribution in [0.25, 0.3) is 11.1 Å². The average Bonchev–Trinajstić information content (AvgIpc) is 2.94. The number of nitrogens with zero attached hydrogens (tertiary/aromatic N) is 1. The van der Waals surface area contributed by atoms with E-state index < -0.39 is 0 Å². The monoisotopic (exact) mass is 493 g/mol. The molecule has 0 bridgehead atoms. The van der Waals surface area contributed by atoms with Gasteiger partial charge in [-0.1, -0.05) is 84.9 Å². The van der Waals surface area contributed by atoms with Crippen molar-refractivity contribution in [2.75, 3.05) is 33.9 Å². The standard InChI is InChI=1S/C33H35NO3/c1-34(2)22-24-36-30-17-13-28(14-18-30)33(32(21-23-35)27-11-7-4-8-12-27)29-15-19-31(20-16-29)37-25-26-9-5-3-6-10-26/h3-20,35H,21-25H2,1-2H3. The van der Waals surface area contributed by atoms with Crippen LogP contribution < -0.4 is 9.47 Å². The lowest BCUT2D eigenvalue weighted by molar-refractivity contribution is 0.261. The quantitative estimate of drug-likeness (QED) is 0.227. The zero-order chi connectivity index (χ0) is 25.9. The number of hydrogen-bond donors (Lipinski definition) is 1. The molecule has 0 heterocycles. The van der Waals surface area contributed by atoms with Crippen molar-refractivity contribution < 1.29 is 14.6 Å². The highest BCUT2D eigenvalue weighted by atomic mass is 16.5. The van der Waals surface area contributed by atoms with Crippen LogP contribution in [0, 0.1) is 0 Å². The molecule has 190 valence electrons. The van der Waals surface area contributed by atoms with Gasteiger partial charge in [0.15, 0.2) is 0 Å². The summed E-state index contributed by atoms with van der Waals surface area (Å²) < 4.78 is 11.9. The van der Waals surface area contributed by atoms with Crippen molar-refractivity contribution in [1.29, 1.82) is 0 Å². The highest BCUT2D eigenvalue weighted by molar-refractivity contribution is 5.98. The molecule has 4 aromatic rings. The molecule has 4 aromatic carbocycles. The van der Waals surface area contributed by atoms with E-state index in [9.17, 15) is 5.11 Å².